The predicted octanol–water partition coefficient (Wildman–Crippen LogP) is 3.43. The van der Waals surface area contributed by atoms with Gasteiger partial charge in [0.15, 0.2) is 0 Å². The second-order valence-corrected chi connectivity index (χ2v) is 5.66. The molecule has 6 heteroatoms. The van der Waals surface area contributed by atoms with Crippen molar-refractivity contribution in [1.82, 2.24) is 10.2 Å². The van der Waals surface area contributed by atoms with Gasteiger partial charge in [-0.1, -0.05) is 24.3 Å². The molecule has 2 rings (SSSR count). The topological polar surface area (TPSA) is 15.3 Å². The fourth-order valence-electron chi connectivity index (χ4n) is 2.38. The van der Waals surface area contributed by atoms with Crippen LogP contribution in [-0.4, -0.2) is 36.6 Å². The summed E-state index contributed by atoms with van der Waals surface area (Å²) in [6.07, 6.45) is 1.72. The number of rotatable bonds is 4. The van der Waals surface area contributed by atoms with Crippen LogP contribution < -0.4 is 5.32 Å². The van der Waals surface area contributed by atoms with Crippen LogP contribution in [0.3, 0.4) is 0 Å². The van der Waals surface area contributed by atoms with Crippen molar-refractivity contribution in [3.05, 3.63) is 42.5 Å². The molecule has 0 amide bonds. The van der Waals surface area contributed by atoms with E-state index in [1.807, 2.05) is 0 Å². The second-order valence-electron chi connectivity index (χ2n) is 4.55. The number of hydrogen-bond donors (Lipinski definition) is 1. The Balaban J connectivity index is 2.26. The van der Waals surface area contributed by atoms with Crippen molar-refractivity contribution in [2.24, 2.45) is 0 Å². The van der Waals surface area contributed by atoms with Crippen molar-refractivity contribution in [2.75, 3.05) is 26.2 Å². The number of thioether (sulfide) groups is 1. The third kappa shape index (κ3) is 4.01. The fraction of sp³-hybridized carbons (Fsp3) is 0.429. The molecule has 0 spiro atoms. The Hall–Kier alpha value is -0.980. The van der Waals surface area contributed by atoms with Gasteiger partial charge in [-0.3, -0.25) is 4.90 Å². The van der Waals surface area contributed by atoms with Crippen LogP contribution in [0.15, 0.2) is 41.8 Å². The highest BCUT2D eigenvalue weighted by atomic mass is 32.2. The molecule has 0 unspecified atom stereocenters. The summed E-state index contributed by atoms with van der Waals surface area (Å²) in [6, 6.07) is 6.50. The van der Waals surface area contributed by atoms with Crippen molar-refractivity contribution in [2.45, 2.75) is 16.4 Å². The number of piperazine rings is 1. The zero-order valence-electron chi connectivity index (χ0n) is 11.0. The van der Waals surface area contributed by atoms with Crippen molar-refractivity contribution >= 4 is 11.8 Å². The third-order valence-corrected chi connectivity index (χ3v) is 4.05. The second kappa shape index (κ2) is 6.65. The van der Waals surface area contributed by atoms with E-state index in [1.54, 1.807) is 24.3 Å². The van der Waals surface area contributed by atoms with E-state index in [0.29, 0.717) is 5.56 Å². The Bertz CT molecular complexity index is 456. The molecule has 1 aromatic carbocycles. The molecule has 0 aliphatic carbocycles. The molecule has 0 saturated carbocycles. The van der Waals surface area contributed by atoms with E-state index >= 15 is 0 Å². The fourth-order valence-corrected chi connectivity index (χ4v) is 3.08. The first kappa shape index (κ1) is 15.4. The number of halogens is 3. The summed E-state index contributed by atoms with van der Waals surface area (Å²) < 4.78 is 37.9. The summed E-state index contributed by atoms with van der Waals surface area (Å²) >= 11 is -0.0550. The largest absolute Gasteiger partial charge is 0.446 e. The lowest BCUT2D eigenvalue weighted by molar-refractivity contribution is -0.0328. The van der Waals surface area contributed by atoms with Crippen LogP contribution in [0.25, 0.3) is 0 Å². The Morgan fingerprint density at radius 3 is 2.50 bits per heavy atom. The summed E-state index contributed by atoms with van der Waals surface area (Å²) in [5.74, 6) is 0. The number of alkyl halides is 3. The zero-order valence-corrected chi connectivity index (χ0v) is 11.8. The monoisotopic (exact) mass is 302 g/mol. The quantitative estimate of drug-likeness (QED) is 0.677. The summed E-state index contributed by atoms with van der Waals surface area (Å²) in [4.78, 5) is 2.41. The van der Waals surface area contributed by atoms with Gasteiger partial charge in [0.2, 0.25) is 0 Å². The number of benzene rings is 1. The van der Waals surface area contributed by atoms with Crippen molar-refractivity contribution in [3.63, 3.8) is 0 Å². The smallest absolute Gasteiger partial charge is 0.314 e. The molecule has 1 heterocycles. The summed E-state index contributed by atoms with van der Waals surface area (Å²) in [5, 5.41) is 3.24. The van der Waals surface area contributed by atoms with Crippen LogP contribution in [0.4, 0.5) is 13.2 Å². The molecule has 1 fully saturated rings. The first-order chi connectivity index (χ1) is 9.51. The molecule has 1 saturated heterocycles. The average molecular weight is 302 g/mol. The maximum atomic E-state index is 12.6. The molecule has 1 aliphatic heterocycles. The van der Waals surface area contributed by atoms with E-state index in [9.17, 15) is 13.2 Å². The molecule has 0 radical (unpaired) electrons. The van der Waals surface area contributed by atoms with Gasteiger partial charge in [0.25, 0.3) is 0 Å². The highest BCUT2D eigenvalue weighted by molar-refractivity contribution is 8.00. The van der Waals surface area contributed by atoms with Crippen molar-refractivity contribution in [3.8, 4) is 0 Å². The molecule has 1 aromatic rings. The summed E-state index contributed by atoms with van der Waals surface area (Å²) in [6.45, 7) is 7.10. The maximum absolute atomic E-state index is 12.6. The van der Waals surface area contributed by atoms with Crippen molar-refractivity contribution in [1.29, 1.82) is 0 Å². The van der Waals surface area contributed by atoms with Gasteiger partial charge in [0.1, 0.15) is 0 Å². The normalized spacial score (nSPS) is 18.8. The van der Waals surface area contributed by atoms with Crippen LogP contribution in [0.1, 0.15) is 11.6 Å². The predicted molar refractivity (Wildman–Crippen MR) is 75.7 cm³/mol. The molecular weight excluding hydrogens is 285 g/mol. The molecule has 1 aliphatic rings. The van der Waals surface area contributed by atoms with E-state index in [0.717, 1.165) is 26.2 Å². The number of nitrogens with zero attached hydrogens (tertiary/aromatic N) is 1. The van der Waals surface area contributed by atoms with Gasteiger partial charge in [-0.2, -0.15) is 13.2 Å². The molecule has 2 nitrogen and oxygen atoms in total. The lowest BCUT2D eigenvalue weighted by Crippen LogP contribution is -2.44. The van der Waals surface area contributed by atoms with E-state index in [1.165, 1.54) is 6.07 Å². The first-order valence-electron chi connectivity index (χ1n) is 6.43. The van der Waals surface area contributed by atoms with Gasteiger partial charge in [0, 0.05) is 31.1 Å². The van der Waals surface area contributed by atoms with E-state index in [-0.39, 0.29) is 22.7 Å². The average Bonchev–Trinajstić information content (AvgIpc) is 2.41. The Kier molecular flexibility index (Phi) is 5.12. The van der Waals surface area contributed by atoms with Crippen LogP contribution in [-0.2, 0) is 0 Å². The Labute approximate surface area is 121 Å². The third-order valence-electron chi connectivity index (χ3n) is 3.23. The van der Waals surface area contributed by atoms with Crippen LogP contribution in [0.2, 0.25) is 0 Å². The minimum atomic E-state index is -4.27. The van der Waals surface area contributed by atoms with Crippen molar-refractivity contribution < 1.29 is 13.2 Å². The zero-order chi connectivity index (χ0) is 14.6. The lowest BCUT2D eigenvalue weighted by Gasteiger charge is -2.34. The number of nitrogens with one attached hydrogen (secondary N) is 1. The SMILES string of the molecule is C=C[C@H](c1ccccc1SC(F)(F)F)N1CCNCC1. The van der Waals surface area contributed by atoms with Gasteiger partial charge in [-0.15, -0.1) is 6.58 Å². The Morgan fingerprint density at radius 1 is 1.25 bits per heavy atom. The van der Waals surface area contributed by atoms with Gasteiger partial charge in [-0.25, -0.2) is 0 Å². The highest BCUT2D eigenvalue weighted by Crippen LogP contribution is 2.41. The van der Waals surface area contributed by atoms with Gasteiger partial charge < -0.3 is 5.32 Å². The van der Waals surface area contributed by atoms with Gasteiger partial charge >= 0.3 is 5.51 Å². The minimum absolute atomic E-state index is 0.0550. The molecule has 110 valence electrons. The van der Waals surface area contributed by atoms with Gasteiger partial charge in [0.05, 0.1) is 6.04 Å². The maximum Gasteiger partial charge on any atom is 0.446 e. The van der Waals surface area contributed by atoms with Crippen LogP contribution >= 0.6 is 11.8 Å². The first-order valence-corrected chi connectivity index (χ1v) is 7.25. The molecule has 0 aromatic heterocycles. The van der Waals surface area contributed by atoms with E-state index < -0.39 is 5.51 Å². The number of hydrogen-bond acceptors (Lipinski definition) is 3. The lowest BCUT2D eigenvalue weighted by atomic mass is 10.0. The molecule has 0 bridgehead atoms. The van der Waals surface area contributed by atoms with Gasteiger partial charge in [-0.05, 0) is 23.4 Å². The highest BCUT2D eigenvalue weighted by Gasteiger charge is 2.32. The summed E-state index contributed by atoms with van der Waals surface area (Å²) in [5.41, 5.74) is -3.60. The van der Waals surface area contributed by atoms with Crippen LogP contribution in [0, 0.1) is 0 Å². The van der Waals surface area contributed by atoms with Crippen LogP contribution in [0.5, 0.6) is 0 Å². The molecule has 20 heavy (non-hydrogen) atoms. The van der Waals surface area contributed by atoms with E-state index in [4.69, 9.17) is 0 Å². The summed E-state index contributed by atoms with van der Waals surface area (Å²) in [7, 11) is 0. The Morgan fingerprint density at radius 2 is 1.90 bits per heavy atom. The molecular formula is C14H17F3N2S. The van der Waals surface area contributed by atoms with E-state index in [2.05, 4.69) is 16.8 Å². The molecule has 1 N–H and O–H groups in total. The standard InChI is InChI=1S/C14H17F3N2S/c1-2-12(19-9-7-18-8-10-19)11-5-3-4-6-13(11)20-14(15,16)17/h2-6,12,18H,1,7-10H2/t12-/m1/s1. The minimum Gasteiger partial charge on any atom is -0.314 e. The molecule has 1 atom stereocenters.